The van der Waals surface area contributed by atoms with E-state index in [1.54, 1.807) is 20.2 Å². The van der Waals surface area contributed by atoms with Crippen LogP contribution in [0.25, 0.3) is 0 Å². The van der Waals surface area contributed by atoms with Crippen LogP contribution in [0.3, 0.4) is 0 Å². The minimum atomic E-state index is -2.69. The van der Waals surface area contributed by atoms with Gasteiger partial charge < -0.3 is 15.5 Å². The normalized spacial score (nSPS) is 31.9. The largest absolute Gasteiger partial charge is 0.507 e. The highest BCUT2D eigenvalue weighted by Gasteiger charge is 2.69. The van der Waals surface area contributed by atoms with E-state index in [-0.39, 0.29) is 24.2 Å². The minimum absolute atomic E-state index is 0.0255. The fraction of sp³-hybridized carbons (Fsp3) is 0.500. The Balaban J connectivity index is 1.60. The molecule has 0 radical (unpaired) electrons. The number of hydrogen-bond donors (Lipinski definition) is 3. The van der Waals surface area contributed by atoms with E-state index in [2.05, 4.69) is 23.2 Å². The Morgan fingerprint density at radius 3 is 2.49 bits per heavy atom. The second-order valence-corrected chi connectivity index (χ2v) is 11.2. The van der Waals surface area contributed by atoms with Gasteiger partial charge in [0.25, 0.3) is 0 Å². The molecular weight excluding hydrogens is 500 g/mol. The molecule has 2 unspecified atom stereocenters. The maximum atomic E-state index is 13.9. The molecule has 0 aromatic heterocycles. The summed E-state index contributed by atoms with van der Waals surface area (Å²) >= 11 is 0. The van der Waals surface area contributed by atoms with Crippen molar-refractivity contribution in [3.05, 3.63) is 40.5 Å². The van der Waals surface area contributed by atoms with Crippen LogP contribution in [-0.4, -0.2) is 76.9 Å². The van der Waals surface area contributed by atoms with Crippen molar-refractivity contribution >= 4 is 29.0 Å². The predicted octanol–water partition coefficient (Wildman–Crippen LogP) is 0.980. The number of phenolic OH excluding ortho intramolecular Hbond substituents is 1. The highest BCUT2D eigenvalue weighted by Crippen LogP contribution is 2.51. The number of nitrogens with one attached hydrogen (secondary N) is 1. The fourth-order valence-electron chi connectivity index (χ4n) is 6.94. The van der Waals surface area contributed by atoms with Gasteiger partial charge >= 0.3 is 0 Å². The van der Waals surface area contributed by atoms with Crippen LogP contribution in [0.15, 0.2) is 23.8 Å². The minimum Gasteiger partial charge on any atom is -0.507 e. The number of benzene rings is 1. The molecule has 1 amide bonds. The zero-order valence-corrected chi connectivity index (χ0v) is 22.2. The summed E-state index contributed by atoms with van der Waals surface area (Å²) in [5, 5.41) is 24.7. The van der Waals surface area contributed by atoms with Crippen molar-refractivity contribution < 1.29 is 34.2 Å². The van der Waals surface area contributed by atoms with E-state index in [0.29, 0.717) is 11.1 Å². The van der Waals surface area contributed by atoms with Gasteiger partial charge in [0.05, 0.1) is 17.5 Å². The molecule has 0 aliphatic heterocycles. The zero-order valence-electron chi connectivity index (χ0n) is 22.2. The van der Waals surface area contributed by atoms with Gasteiger partial charge in [-0.3, -0.25) is 28.9 Å². The Bertz CT molecular complexity index is 1400. The molecule has 2 fully saturated rings. The van der Waals surface area contributed by atoms with Crippen molar-refractivity contribution in [2.24, 2.45) is 23.7 Å². The van der Waals surface area contributed by atoms with Gasteiger partial charge in [0.15, 0.2) is 34.7 Å². The van der Waals surface area contributed by atoms with Crippen molar-refractivity contribution in [1.82, 2.24) is 10.2 Å². The summed E-state index contributed by atoms with van der Waals surface area (Å²) in [6, 6.07) is 1.94. The van der Waals surface area contributed by atoms with Crippen LogP contribution in [0.2, 0.25) is 0 Å². The lowest BCUT2D eigenvalue weighted by Gasteiger charge is -2.52. The monoisotopic (exact) mass is 532 g/mol. The Morgan fingerprint density at radius 1 is 1.10 bits per heavy atom. The van der Waals surface area contributed by atoms with Crippen LogP contribution in [0.1, 0.15) is 53.6 Å². The molecule has 9 heteroatoms. The number of aromatic hydroxyl groups is 1. The third-order valence-corrected chi connectivity index (χ3v) is 8.82. The molecule has 9 nitrogen and oxygen atoms in total. The number of ketones is 4. The number of aliphatic hydroxyl groups is 1. The molecule has 4 aliphatic carbocycles. The number of Topliss-reactive ketones (excluding diaryl/α,β-unsaturated/α-hetero) is 4. The molecular formula is C30H32N2O7. The molecule has 4 aliphatic rings. The topological polar surface area (TPSA) is 141 Å². The third-order valence-electron chi connectivity index (χ3n) is 8.82. The number of nitrogens with zero attached hydrogens (tertiary/aromatic N) is 1. The van der Waals surface area contributed by atoms with Gasteiger partial charge in [-0.1, -0.05) is 17.9 Å². The predicted molar refractivity (Wildman–Crippen MR) is 140 cm³/mol. The van der Waals surface area contributed by atoms with E-state index in [1.165, 1.54) is 18.0 Å². The van der Waals surface area contributed by atoms with E-state index in [1.807, 2.05) is 0 Å². The zero-order chi connectivity index (χ0) is 28.2. The first-order valence-electron chi connectivity index (χ1n) is 13.3. The summed E-state index contributed by atoms with van der Waals surface area (Å²) in [5.41, 5.74) is -0.577. The molecule has 1 aromatic carbocycles. The van der Waals surface area contributed by atoms with Gasteiger partial charge in [-0.25, -0.2) is 0 Å². The number of phenols is 1. The van der Waals surface area contributed by atoms with Gasteiger partial charge in [-0.05, 0) is 81.8 Å². The summed E-state index contributed by atoms with van der Waals surface area (Å²) in [6.07, 6.45) is 6.40. The average Bonchev–Trinajstić information content (AvgIpc) is 2.90. The van der Waals surface area contributed by atoms with Crippen LogP contribution >= 0.6 is 0 Å². The van der Waals surface area contributed by atoms with Crippen molar-refractivity contribution in [3.63, 3.8) is 0 Å². The van der Waals surface area contributed by atoms with Crippen molar-refractivity contribution in [3.8, 4) is 17.6 Å². The Hall–Kier alpha value is -3.61. The number of likely N-dealkylation sites (N-methyl/N-ethyl adjacent to an activating group) is 1. The maximum Gasteiger partial charge on any atom is 0.238 e. The van der Waals surface area contributed by atoms with E-state index in [0.717, 1.165) is 31.3 Å². The van der Waals surface area contributed by atoms with E-state index in [4.69, 9.17) is 0 Å². The number of carbonyl (C=O) groups excluding carboxylic acids is 5. The molecule has 1 aromatic rings. The molecule has 3 N–H and O–H groups in total. The molecule has 204 valence electrons. The van der Waals surface area contributed by atoms with Gasteiger partial charge in [-0.2, -0.15) is 0 Å². The standard InChI is InChI=1S/C30H32N2O7/c1-31-29(38)23-26(35)24(32(2)3)19-14-17-13-18-16(10-9-15-7-5-4-6-8-15)11-12-20(33)22(18)25(34)21(17)27(36)30(19,39)28(23)37/h7,11-12,17,19,21,23-24,33,39H,4-6,8,13-14H2,1-3H3,(H,31,38)/t17-,19-,21?,23?,24-,30-/m0/s1. The van der Waals surface area contributed by atoms with Crippen molar-refractivity contribution in [2.45, 2.75) is 50.2 Å². The van der Waals surface area contributed by atoms with Crippen LogP contribution in [-0.2, 0) is 25.6 Å². The number of fused-ring (bicyclic) bond motifs is 3. The number of allylic oxidation sites excluding steroid dienone is 2. The second kappa shape index (κ2) is 9.85. The van der Waals surface area contributed by atoms with Gasteiger partial charge in [-0.15, -0.1) is 0 Å². The number of amides is 1. The van der Waals surface area contributed by atoms with Crippen LogP contribution in [0.4, 0.5) is 0 Å². The van der Waals surface area contributed by atoms with E-state index >= 15 is 0 Å². The second-order valence-electron chi connectivity index (χ2n) is 11.2. The molecule has 0 saturated heterocycles. The Labute approximate surface area is 226 Å². The highest BCUT2D eigenvalue weighted by molar-refractivity contribution is 6.32. The van der Waals surface area contributed by atoms with Gasteiger partial charge in [0, 0.05) is 18.5 Å². The smallest absolute Gasteiger partial charge is 0.238 e. The first kappa shape index (κ1) is 27.0. The SMILES string of the molecule is CNC(=O)C1C(=O)[C@@H](N(C)C)[C@@H]2C[C@@H]3Cc4c(C#CC5=CCCCC5)ccc(O)c4C(=O)C3C(=O)[C@]2(O)C1=O. The van der Waals surface area contributed by atoms with Crippen LogP contribution in [0.5, 0.6) is 5.75 Å². The number of rotatable bonds is 2. The maximum absolute atomic E-state index is 13.9. The summed E-state index contributed by atoms with van der Waals surface area (Å²) in [7, 11) is 4.44. The molecule has 39 heavy (non-hydrogen) atoms. The van der Waals surface area contributed by atoms with Crippen LogP contribution in [0, 0.1) is 35.5 Å². The summed E-state index contributed by atoms with van der Waals surface area (Å²) in [6.45, 7) is 0. The average molecular weight is 533 g/mol. The lowest BCUT2D eigenvalue weighted by Crippen LogP contribution is -2.74. The van der Waals surface area contributed by atoms with Crippen molar-refractivity contribution in [2.75, 3.05) is 21.1 Å². The number of hydrogen-bond acceptors (Lipinski definition) is 8. The Kier molecular flexibility index (Phi) is 6.81. The lowest BCUT2D eigenvalue weighted by molar-refractivity contribution is -0.181. The molecule has 2 saturated carbocycles. The summed E-state index contributed by atoms with van der Waals surface area (Å²) in [5.74, 6) is -3.43. The lowest BCUT2D eigenvalue weighted by atomic mass is 9.52. The number of carbonyl (C=O) groups is 5. The highest BCUT2D eigenvalue weighted by atomic mass is 16.3. The Morgan fingerprint density at radius 2 is 1.85 bits per heavy atom. The van der Waals surface area contributed by atoms with Crippen molar-refractivity contribution in [1.29, 1.82) is 0 Å². The molecule has 6 atom stereocenters. The molecule has 0 spiro atoms. The summed E-state index contributed by atoms with van der Waals surface area (Å²) < 4.78 is 0. The van der Waals surface area contributed by atoms with Gasteiger partial charge in [0.2, 0.25) is 5.91 Å². The third kappa shape index (κ3) is 4.05. The molecule has 5 rings (SSSR count). The molecule has 0 heterocycles. The molecule has 0 bridgehead atoms. The van der Waals surface area contributed by atoms with E-state index < -0.39 is 64.4 Å². The van der Waals surface area contributed by atoms with E-state index in [9.17, 15) is 34.2 Å². The first-order valence-corrected chi connectivity index (χ1v) is 13.3. The summed E-state index contributed by atoms with van der Waals surface area (Å²) in [4.78, 5) is 68.6. The quantitative estimate of drug-likeness (QED) is 0.378. The fourth-order valence-corrected chi connectivity index (χ4v) is 6.94. The van der Waals surface area contributed by atoms with Crippen LogP contribution < -0.4 is 5.32 Å². The first-order chi connectivity index (χ1) is 18.5. The van der Waals surface area contributed by atoms with Gasteiger partial charge in [0.1, 0.15) is 5.75 Å².